The number of hydrogen-bond acceptors (Lipinski definition) is 5. The third-order valence-corrected chi connectivity index (χ3v) is 1.84. The molecule has 0 amide bonds. The molecule has 0 radical (unpaired) electrons. The molecule has 0 aliphatic heterocycles. The monoisotopic (exact) mass is 275 g/mol. The predicted molar refractivity (Wildman–Crippen MR) is 59.3 cm³/mol. The fourth-order valence-corrected chi connectivity index (χ4v) is 1.01. The van der Waals surface area contributed by atoms with Crippen LogP contribution in [0, 0.1) is 0 Å². The molecule has 102 valence electrons. The largest absolute Gasteiger partial charge is 0.504 e. The first kappa shape index (κ1) is 14.5. The van der Waals surface area contributed by atoms with E-state index in [2.05, 4.69) is 9.97 Å². The third kappa shape index (κ3) is 3.98. The number of aromatic hydroxyl groups is 1. The standard InChI is InChI=1S/C8H7N3O.C2HF3O2/c9-8-7(12)4-6-5(11-8)2-1-3-10-6;3-2(4,5)1(6)7/h1-4,12H,(H2,9,11);(H,6,7). The predicted octanol–water partition coefficient (Wildman–Crippen LogP) is 1.55. The number of aliphatic carboxylic acids is 1. The average Bonchev–Trinajstić information content (AvgIpc) is 2.30. The van der Waals surface area contributed by atoms with Gasteiger partial charge in [-0.15, -0.1) is 0 Å². The van der Waals surface area contributed by atoms with Crippen molar-refractivity contribution in [3.63, 3.8) is 0 Å². The third-order valence-electron chi connectivity index (χ3n) is 1.84. The van der Waals surface area contributed by atoms with Crippen LogP contribution >= 0.6 is 0 Å². The molecule has 0 aromatic carbocycles. The minimum Gasteiger partial charge on any atom is -0.504 e. The number of halogens is 3. The summed E-state index contributed by atoms with van der Waals surface area (Å²) in [7, 11) is 0. The highest BCUT2D eigenvalue weighted by Gasteiger charge is 2.38. The molecule has 2 aromatic rings. The summed E-state index contributed by atoms with van der Waals surface area (Å²) in [6, 6.07) is 5.06. The number of carboxylic acids is 1. The first-order valence-corrected chi connectivity index (χ1v) is 4.72. The quantitative estimate of drug-likeness (QED) is 0.673. The number of fused-ring (bicyclic) bond motifs is 1. The summed E-state index contributed by atoms with van der Waals surface area (Å²) in [6.45, 7) is 0. The van der Waals surface area contributed by atoms with Gasteiger partial charge in [0.1, 0.15) is 0 Å². The SMILES string of the molecule is Nc1nc2cccnc2cc1O.O=C(O)C(F)(F)F. The van der Waals surface area contributed by atoms with Gasteiger partial charge in [-0.05, 0) is 12.1 Å². The Morgan fingerprint density at radius 3 is 2.42 bits per heavy atom. The lowest BCUT2D eigenvalue weighted by Gasteiger charge is -1.99. The van der Waals surface area contributed by atoms with Gasteiger partial charge in [0.2, 0.25) is 0 Å². The van der Waals surface area contributed by atoms with Crippen LogP contribution in [0.2, 0.25) is 0 Å². The summed E-state index contributed by atoms with van der Waals surface area (Å²) < 4.78 is 31.7. The molecule has 0 fully saturated rings. The van der Waals surface area contributed by atoms with E-state index in [4.69, 9.17) is 15.6 Å². The van der Waals surface area contributed by atoms with E-state index < -0.39 is 12.1 Å². The summed E-state index contributed by atoms with van der Waals surface area (Å²) in [5.74, 6) is -2.65. The van der Waals surface area contributed by atoms with Crippen LogP contribution in [-0.4, -0.2) is 32.3 Å². The molecule has 0 spiro atoms. The van der Waals surface area contributed by atoms with Crippen molar-refractivity contribution in [3.05, 3.63) is 24.4 Å². The molecule has 0 unspecified atom stereocenters. The molecule has 0 atom stereocenters. The lowest BCUT2D eigenvalue weighted by atomic mass is 10.3. The molecular weight excluding hydrogens is 267 g/mol. The van der Waals surface area contributed by atoms with Crippen LogP contribution in [0.5, 0.6) is 5.75 Å². The van der Waals surface area contributed by atoms with Crippen molar-refractivity contribution in [2.24, 2.45) is 0 Å². The Morgan fingerprint density at radius 2 is 1.89 bits per heavy atom. The Hall–Kier alpha value is -2.58. The van der Waals surface area contributed by atoms with Gasteiger partial charge in [0, 0.05) is 12.3 Å². The van der Waals surface area contributed by atoms with Gasteiger partial charge >= 0.3 is 12.1 Å². The second-order valence-corrected chi connectivity index (χ2v) is 3.24. The zero-order valence-corrected chi connectivity index (χ0v) is 9.22. The van der Waals surface area contributed by atoms with Crippen molar-refractivity contribution < 1.29 is 28.2 Å². The second kappa shape index (κ2) is 5.38. The van der Waals surface area contributed by atoms with Crippen molar-refractivity contribution in [2.45, 2.75) is 6.18 Å². The Bertz CT molecular complexity index is 561. The van der Waals surface area contributed by atoms with E-state index in [-0.39, 0.29) is 11.6 Å². The van der Waals surface area contributed by atoms with Gasteiger partial charge in [-0.1, -0.05) is 0 Å². The lowest BCUT2D eigenvalue weighted by molar-refractivity contribution is -0.192. The molecule has 0 aliphatic carbocycles. The van der Waals surface area contributed by atoms with E-state index in [1.807, 2.05) is 0 Å². The van der Waals surface area contributed by atoms with Crippen LogP contribution in [0.3, 0.4) is 0 Å². The normalized spacial score (nSPS) is 10.7. The zero-order valence-electron chi connectivity index (χ0n) is 9.22. The number of pyridine rings is 2. The molecule has 9 heteroatoms. The molecule has 0 bridgehead atoms. The van der Waals surface area contributed by atoms with Gasteiger partial charge in [0.15, 0.2) is 11.6 Å². The molecule has 0 aliphatic rings. The Kier molecular flexibility index (Phi) is 4.10. The summed E-state index contributed by atoms with van der Waals surface area (Å²) in [5, 5.41) is 16.3. The maximum Gasteiger partial charge on any atom is 0.490 e. The zero-order chi connectivity index (χ0) is 14.6. The van der Waals surface area contributed by atoms with Gasteiger partial charge in [0.05, 0.1) is 11.0 Å². The smallest absolute Gasteiger partial charge is 0.490 e. The highest BCUT2D eigenvalue weighted by molar-refractivity contribution is 5.78. The van der Waals surface area contributed by atoms with Crippen molar-refractivity contribution in [3.8, 4) is 5.75 Å². The van der Waals surface area contributed by atoms with Gasteiger partial charge in [-0.2, -0.15) is 13.2 Å². The van der Waals surface area contributed by atoms with Crippen LogP contribution < -0.4 is 5.73 Å². The molecule has 6 nitrogen and oxygen atoms in total. The molecule has 2 heterocycles. The van der Waals surface area contributed by atoms with Crippen LogP contribution in [0.15, 0.2) is 24.4 Å². The van der Waals surface area contributed by atoms with Crippen molar-refractivity contribution >= 4 is 22.8 Å². The number of anilines is 1. The Balaban J connectivity index is 0.000000224. The molecule has 0 saturated heterocycles. The topological polar surface area (TPSA) is 109 Å². The van der Waals surface area contributed by atoms with Gasteiger partial charge in [-0.3, -0.25) is 4.98 Å². The lowest BCUT2D eigenvalue weighted by Crippen LogP contribution is -2.21. The van der Waals surface area contributed by atoms with E-state index >= 15 is 0 Å². The maximum atomic E-state index is 10.6. The van der Waals surface area contributed by atoms with Crippen LogP contribution in [0.25, 0.3) is 11.0 Å². The Labute approximate surface area is 104 Å². The molecule has 19 heavy (non-hydrogen) atoms. The van der Waals surface area contributed by atoms with Gasteiger partial charge in [0.25, 0.3) is 0 Å². The average molecular weight is 275 g/mol. The maximum absolute atomic E-state index is 10.6. The number of carbonyl (C=O) groups is 1. The highest BCUT2D eigenvalue weighted by atomic mass is 19.4. The number of rotatable bonds is 0. The summed E-state index contributed by atoms with van der Waals surface area (Å²) in [6.07, 6.45) is -3.44. The highest BCUT2D eigenvalue weighted by Crippen LogP contribution is 2.21. The van der Waals surface area contributed by atoms with Crippen LogP contribution in [-0.2, 0) is 4.79 Å². The number of nitrogens with zero attached hydrogens (tertiary/aromatic N) is 2. The fraction of sp³-hybridized carbons (Fsp3) is 0.100. The minimum absolute atomic E-state index is 0.0267. The molecular formula is C10H8F3N3O3. The fourth-order valence-electron chi connectivity index (χ4n) is 1.01. The van der Waals surface area contributed by atoms with Crippen LogP contribution in [0.4, 0.5) is 19.0 Å². The van der Waals surface area contributed by atoms with E-state index in [1.54, 1.807) is 18.3 Å². The molecule has 4 N–H and O–H groups in total. The van der Waals surface area contributed by atoms with Crippen LogP contribution in [0.1, 0.15) is 0 Å². The van der Waals surface area contributed by atoms with E-state index in [0.717, 1.165) is 0 Å². The Morgan fingerprint density at radius 1 is 1.32 bits per heavy atom. The molecule has 0 saturated carbocycles. The summed E-state index contributed by atoms with van der Waals surface area (Å²) in [4.78, 5) is 16.8. The number of alkyl halides is 3. The second-order valence-electron chi connectivity index (χ2n) is 3.24. The number of nitrogen functional groups attached to an aromatic ring is 1. The minimum atomic E-state index is -5.08. The summed E-state index contributed by atoms with van der Waals surface area (Å²) >= 11 is 0. The molecule has 2 rings (SSSR count). The number of nitrogens with two attached hydrogens (primary N) is 1. The summed E-state index contributed by atoms with van der Waals surface area (Å²) in [5.41, 5.74) is 6.73. The first-order valence-electron chi connectivity index (χ1n) is 4.72. The number of hydrogen-bond donors (Lipinski definition) is 3. The molecule has 2 aromatic heterocycles. The van der Waals surface area contributed by atoms with E-state index in [0.29, 0.717) is 11.0 Å². The van der Waals surface area contributed by atoms with E-state index in [9.17, 15) is 18.3 Å². The van der Waals surface area contributed by atoms with Crippen molar-refractivity contribution in [2.75, 3.05) is 5.73 Å². The van der Waals surface area contributed by atoms with Crippen molar-refractivity contribution in [1.29, 1.82) is 0 Å². The van der Waals surface area contributed by atoms with E-state index in [1.165, 1.54) is 6.07 Å². The first-order chi connectivity index (χ1) is 8.71. The van der Waals surface area contributed by atoms with Gasteiger partial charge in [-0.25, -0.2) is 9.78 Å². The number of carboxylic acid groups (broad SMARTS) is 1. The van der Waals surface area contributed by atoms with Gasteiger partial charge < -0.3 is 15.9 Å². The number of aromatic nitrogens is 2. The van der Waals surface area contributed by atoms with Crippen molar-refractivity contribution in [1.82, 2.24) is 9.97 Å².